The summed E-state index contributed by atoms with van der Waals surface area (Å²) in [5.41, 5.74) is 3.13. The molecule has 0 fully saturated rings. The Bertz CT molecular complexity index is 548. The number of nitrogens with one attached hydrogen (secondary N) is 3. The van der Waals surface area contributed by atoms with E-state index in [1.807, 2.05) is 44.2 Å². The SMILES string of the molecule is CC(C)NC(=O)CNCc1cn[nH]c1-c1ccccc1. The van der Waals surface area contributed by atoms with Gasteiger partial charge in [0.25, 0.3) is 0 Å². The largest absolute Gasteiger partial charge is 0.353 e. The topological polar surface area (TPSA) is 69.8 Å². The van der Waals surface area contributed by atoms with Crippen LogP contribution in [0, 0.1) is 0 Å². The van der Waals surface area contributed by atoms with Crippen molar-refractivity contribution in [3.05, 3.63) is 42.1 Å². The van der Waals surface area contributed by atoms with Crippen LogP contribution in [0.25, 0.3) is 11.3 Å². The fourth-order valence-corrected chi connectivity index (χ4v) is 1.98. The van der Waals surface area contributed by atoms with E-state index in [1.165, 1.54) is 0 Å². The summed E-state index contributed by atoms with van der Waals surface area (Å²) in [5, 5.41) is 13.1. The molecule has 2 aromatic rings. The van der Waals surface area contributed by atoms with Gasteiger partial charge in [0.15, 0.2) is 0 Å². The normalized spacial score (nSPS) is 10.8. The summed E-state index contributed by atoms with van der Waals surface area (Å²) in [6, 6.07) is 10.2. The van der Waals surface area contributed by atoms with Gasteiger partial charge in [0.2, 0.25) is 5.91 Å². The zero-order valence-electron chi connectivity index (χ0n) is 11.8. The summed E-state index contributed by atoms with van der Waals surface area (Å²) in [6.07, 6.45) is 1.79. The van der Waals surface area contributed by atoms with Crippen molar-refractivity contribution in [2.24, 2.45) is 0 Å². The molecule has 0 atom stereocenters. The van der Waals surface area contributed by atoms with Crippen molar-refractivity contribution in [2.45, 2.75) is 26.4 Å². The Morgan fingerprint density at radius 1 is 1.30 bits per heavy atom. The third-order valence-corrected chi connectivity index (χ3v) is 2.83. The van der Waals surface area contributed by atoms with E-state index in [0.717, 1.165) is 16.8 Å². The zero-order chi connectivity index (χ0) is 14.4. The highest BCUT2D eigenvalue weighted by atomic mass is 16.1. The fraction of sp³-hybridized carbons (Fsp3) is 0.333. The monoisotopic (exact) mass is 272 g/mol. The van der Waals surface area contributed by atoms with Gasteiger partial charge in [0, 0.05) is 18.2 Å². The number of carbonyl (C=O) groups excluding carboxylic acids is 1. The molecule has 5 heteroatoms. The molecule has 5 nitrogen and oxygen atoms in total. The molecule has 0 spiro atoms. The van der Waals surface area contributed by atoms with Crippen LogP contribution in [0.3, 0.4) is 0 Å². The van der Waals surface area contributed by atoms with Crippen molar-refractivity contribution in [3.63, 3.8) is 0 Å². The first-order valence-corrected chi connectivity index (χ1v) is 6.74. The molecule has 0 aliphatic rings. The van der Waals surface area contributed by atoms with Crippen molar-refractivity contribution in [2.75, 3.05) is 6.54 Å². The molecule has 0 unspecified atom stereocenters. The van der Waals surface area contributed by atoms with E-state index < -0.39 is 0 Å². The minimum atomic E-state index is 0.00440. The predicted octanol–water partition coefficient (Wildman–Crippen LogP) is 1.69. The van der Waals surface area contributed by atoms with Gasteiger partial charge >= 0.3 is 0 Å². The number of nitrogens with zero attached hydrogens (tertiary/aromatic N) is 1. The van der Waals surface area contributed by atoms with Gasteiger partial charge in [-0.15, -0.1) is 0 Å². The lowest BCUT2D eigenvalue weighted by molar-refractivity contribution is -0.120. The maximum atomic E-state index is 11.5. The van der Waals surface area contributed by atoms with E-state index >= 15 is 0 Å². The second-order valence-corrected chi connectivity index (χ2v) is 4.96. The number of H-pyrrole nitrogens is 1. The number of carbonyl (C=O) groups is 1. The molecule has 1 aromatic carbocycles. The quantitative estimate of drug-likeness (QED) is 0.749. The fourth-order valence-electron chi connectivity index (χ4n) is 1.98. The van der Waals surface area contributed by atoms with Crippen LogP contribution in [0.5, 0.6) is 0 Å². The summed E-state index contributed by atoms with van der Waals surface area (Å²) in [6.45, 7) is 4.80. The molecule has 0 aliphatic heterocycles. The maximum Gasteiger partial charge on any atom is 0.234 e. The van der Waals surface area contributed by atoms with Crippen molar-refractivity contribution in [1.82, 2.24) is 20.8 Å². The smallest absolute Gasteiger partial charge is 0.234 e. The van der Waals surface area contributed by atoms with Crippen LogP contribution in [0.2, 0.25) is 0 Å². The lowest BCUT2D eigenvalue weighted by atomic mass is 10.1. The van der Waals surface area contributed by atoms with Crippen molar-refractivity contribution in [3.8, 4) is 11.3 Å². The minimum Gasteiger partial charge on any atom is -0.353 e. The molecule has 0 saturated heterocycles. The number of rotatable bonds is 6. The highest BCUT2D eigenvalue weighted by molar-refractivity contribution is 5.78. The Hall–Kier alpha value is -2.14. The Kier molecular flexibility index (Phi) is 4.90. The average molecular weight is 272 g/mol. The first-order valence-electron chi connectivity index (χ1n) is 6.74. The van der Waals surface area contributed by atoms with Gasteiger partial charge in [0.05, 0.1) is 18.4 Å². The average Bonchev–Trinajstić information content (AvgIpc) is 2.87. The third kappa shape index (κ3) is 3.93. The summed E-state index contributed by atoms with van der Waals surface area (Å²) >= 11 is 0. The molecule has 106 valence electrons. The van der Waals surface area contributed by atoms with Gasteiger partial charge in [-0.1, -0.05) is 30.3 Å². The number of amides is 1. The molecule has 0 bridgehead atoms. The Morgan fingerprint density at radius 3 is 2.75 bits per heavy atom. The van der Waals surface area contributed by atoms with Crippen LogP contribution in [-0.4, -0.2) is 28.7 Å². The van der Waals surface area contributed by atoms with Gasteiger partial charge in [-0.25, -0.2) is 0 Å². The first-order chi connectivity index (χ1) is 9.66. The lowest BCUT2D eigenvalue weighted by Gasteiger charge is -2.09. The molecule has 20 heavy (non-hydrogen) atoms. The van der Waals surface area contributed by atoms with E-state index in [4.69, 9.17) is 0 Å². The number of hydrogen-bond donors (Lipinski definition) is 3. The molecule has 2 rings (SSSR count). The summed E-state index contributed by atoms with van der Waals surface area (Å²) in [4.78, 5) is 11.5. The second-order valence-electron chi connectivity index (χ2n) is 4.96. The van der Waals surface area contributed by atoms with Crippen LogP contribution in [0.15, 0.2) is 36.5 Å². The highest BCUT2D eigenvalue weighted by Crippen LogP contribution is 2.20. The maximum absolute atomic E-state index is 11.5. The van der Waals surface area contributed by atoms with Crippen LogP contribution < -0.4 is 10.6 Å². The van der Waals surface area contributed by atoms with E-state index in [9.17, 15) is 4.79 Å². The van der Waals surface area contributed by atoms with Gasteiger partial charge in [-0.05, 0) is 19.4 Å². The molecule has 3 N–H and O–H groups in total. The minimum absolute atomic E-state index is 0.00440. The zero-order valence-corrected chi connectivity index (χ0v) is 11.8. The van der Waals surface area contributed by atoms with E-state index in [2.05, 4.69) is 20.8 Å². The molecule has 0 aliphatic carbocycles. The van der Waals surface area contributed by atoms with E-state index in [1.54, 1.807) is 6.20 Å². The summed E-state index contributed by atoms with van der Waals surface area (Å²) in [5.74, 6) is 0.00440. The van der Waals surface area contributed by atoms with Gasteiger partial charge in [0.1, 0.15) is 0 Å². The second kappa shape index (κ2) is 6.86. The van der Waals surface area contributed by atoms with Gasteiger partial charge in [-0.3, -0.25) is 9.89 Å². The highest BCUT2D eigenvalue weighted by Gasteiger charge is 2.08. The molecule has 0 saturated carbocycles. The van der Waals surface area contributed by atoms with Gasteiger partial charge < -0.3 is 10.6 Å². The van der Waals surface area contributed by atoms with Crippen molar-refractivity contribution >= 4 is 5.91 Å². The predicted molar refractivity (Wildman–Crippen MR) is 79.0 cm³/mol. The molecule has 1 aromatic heterocycles. The molecular weight excluding hydrogens is 252 g/mol. The van der Waals surface area contributed by atoms with Crippen molar-refractivity contribution < 1.29 is 4.79 Å². The number of benzene rings is 1. The molecule has 1 heterocycles. The Labute approximate surface area is 118 Å². The molecule has 0 radical (unpaired) electrons. The molecular formula is C15H20N4O. The van der Waals surface area contributed by atoms with E-state index in [-0.39, 0.29) is 11.9 Å². The number of aromatic amines is 1. The van der Waals surface area contributed by atoms with Crippen LogP contribution in [0.1, 0.15) is 19.4 Å². The molecule has 1 amide bonds. The third-order valence-electron chi connectivity index (χ3n) is 2.83. The number of aromatic nitrogens is 2. The number of hydrogen-bond acceptors (Lipinski definition) is 3. The van der Waals surface area contributed by atoms with E-state index in [0.29, 0.717) is 13.1 Å². The van der Waals surface area contributed by atoms with Gasteiger partial charge in [-0.2, -0.15) is 5.10 Å². The Balaban J connectivity index is 1.92. The van der Waals surface area contributed by atoms with Crippen molar-refractivity contribution in [1.29, 1.82) is 0 Å². The van der Waals surface area contributed by atoms with Crippen LogP contribution in [-0.2, 0) is 11.3 Å². The summed E-state index contributed by atoms with van der Waals surface area (Å²) < 4.78 is 0. The first kappa shape index (κ1) is 14.3. The lowest BCUT2D eigenvalue weighted by Crippen LogP contribution is -2.37. The summed E-state index contributed by atoms with van der Waals surface area (Å²) in [7, 11) is 0. The standard InChI is InChI=1S/C15H20N4O/c1-11(2)18-14(20)10-16-8-13-9-17-19-15(13)12-6-4-3-5-7-12/h3-7,9,11,16H,8,10H2,1-2H3,(H,17,19)(H,18,20). The van der Waals surface area contributed by atoms with Crippen LogP contribution >= 0.6 is 0 Å². The Morgan fingerprint density at radius 2 is 2.05 bits per heavy atom. The van der Waals surface area contributed by atoms with Crippen LogP contribution in [0.4, 0.5) is 0 Å².